The molecule has 1 aliphatic heterocycles. The minimum Gasteiger partial charge on any atom is -0.404 e. The SMILES string of the molecule is N=C/C(=C\N)c1cc2nccnc2c(NCC2CCCNC2)n1. The van der Waals surface area contributed by atoms with Gasteiger partial charge in [-0.2, -0.15) is 0 Å². The Morgan fingerprint density at radius 2 is 2.30 bits per heavy atom. The fraction of sp³-hybridized carbons (Fsp3) is 0.375. The third-order valence-corrected chi connectivity index (χ3v) is 4.04. The second kappa shape index (κ2) is 7.15. The molecule has 23 heavy (non-hydrogen) atoms. The summed E-state index contributed by atoms with van der Waals surface area (Å²) in [6.45, 7) is 2.95. The fourth-order valence-corrected chi connectivity index (χ4v) is 2.79. The van der Waals surface area contributed by atoms with Crippen LogP contribution < -0.4 is 16.4 Å². The Kier molecular flexibility index (Phi) is 4.77. The topological polar surface area (TPSA) is 113 Å². The van der Waals surface area contributed by atoms with Gasteiger partial charge in [0.1, 0.15) is 5.52 Å². The van der Waals surface area contributed by atoms with E-state index < -0.39 is 0 Å². The summed E-state index contributed by atoms with van der Waals surface area (Å²) in [6.07, 6.45) is 8.29. The predicted octanol–water partition coefficient (Wildman–Crippen LogP) is 1.39. The monoisotopic (exact) mass is 311 g/mol. The van der Waals surface area contributed by atoms with Gasteiger partial charge in [-0.3, -0.25) is 4.98 Å². The Hall–Kier alpha value is -2.54. The van der Waals surface area contributed by atoms with E-state index in [0.717, 1.165) is 30.7 Å². The zero-order chi connectivity index (χ0) is 16.1. The molecule has 0 saturated carbocycles. The second-order valence-electron chi connectivity index (χ2n) is 5.64. The number of piperidine rings is 1. The number of aromatic nitrogens is 3. The normalized spacial score (nSPS) is 18.8. The summed E-state index contributed by atoms with van der Waals surface area (Å²) in [5.41, 5.74) is 8.24. The molecule has 2 aromatic rings. The van der Waals surface area contributed by atoms with Crippen molar-refractivity contribution in [2.24, 2.45) is 11.7 Å². The summed E-state index contributed by atoms with van der Waals surface area (Å²) in [6, 6.07) is 1.80. The second-order valence-corrected chi connectivity index (χ2v) is 5.64. The predicted molar refractivity (Wildman–Crippen MR) is 92.4 cm³/mol. The summed E-state index contributed by atoms with van der Waals surface area (Å²) in [4.78, 5) is 13.3. The average Bonchev–Trinajstić information content (AvgIpc) is 2.61. The van der Waals surface area contributed by atoms with Gasteiger partial charge < -0.3 is 21.8 Å². The largest absolute Gasteiger partial charge is 0.404 e. The van der Waals surface area contributed by atoms with E-state index >= 15 is 0 Å². The number of nitrogens with one attached hydrogen (secondary N) is 3. The summed E-state index contributed by atoms with van der Waals surface area (Å²) in [7, 11) is 0. The first kappa shape index (κ1) is 15.4. The minimum atomic E-state index is 0.555. The lowest BCUT2D eigenvalue weighted by Gasteiger charge is -2.23. The van der Waals surface area contributed by atoms with Crippen LogP contribution in [0.15, 0.2) is 24.7 Å². The Balaban J connectivity index is 1.91. The van der Waals surface area contributed by atoms with Gasteiger partial charge in [0.25, 0.3) is 0 Å². The van der Waals surface area contributed by atoms with Gasteiger partial charge in [-0.15, -0.1) is 0 Å². The Morgan fingerprint density at radius 1 is 1.43 bits per heavy atom. The Bertz CT molecular complexity index is 719. The maximum Gasteiger partial charge on any atom is 0.154 e. The van der Waals surface area contributed by atoms with Gasteiger partial charge in [-0.1, -0.05) is 0 Å². The molecule has 1 saturated heterocycles. The van der Waals surface area contributed by atoms with Crippen molar-refractivity contribution < 1.29 is 0 Å². The van der Waals surface area contributed by atoms with Crippen molar-refractivity contribution in [3.05, 3.63) is 30.4 Å². The third-order valence-electron chi connectivity index (χ3n) is 4.04. The van der Waals surface area contributed by atoms with Crippen LogP contribution in [0.3, 0.4) is 0 Å². The molecular weight excluding hydrogens is 290 g/mol. The van der Waals surface area contributed by atoms with E-state index in [1.54, 1.807) is 18.5 Å². The molecule has 120 valence electrons. The zero-order valence-electron chi connectivity index (χ0n) is 12.9. The highest BCUT2D eigenvalue weighted by Gasteiger charge is 2.15. The molecular formula is C16H21N7. The molecule has 2 aromatic heterocycles. The quantitative estimate of drug-likeness (QED) is 0.621. The summed E-state index contributed by atoms with van der Waals surface area (Å²) >= 11 is 0. The molecule has 1 fully saturated rings. The van der Waals surface area contributed by atoms with Crippen molar-refractivity contribution in [2.75, 3.05) is 25.0 Å². The number of fused-ring (bicyclic) bond motifs is 1. The van der Waals surface area contributed by atoms with Crippen molar-refractivity contribution in [2.45, 2.75) is 12.8 Å². The molecule has 7 nitrogen and oxygen atoms in total. The number of nitrogens with zero attached hydrogens (tertiary/aromatic N) is 3. The first-order valence-corrected chi connectivity index (χ1v) is 7.81. The van der Waals surface area contributed by atoms with Crippen LogP contribution >= 0.6 is 0 Å². The lowest BCUT2D eigenvalue weighted by Crippen LogP contribution is -2.33. The van der Waals surface area contributed by atoms with E-state index in [0.29, 0.717) is 23.0 Å². The van der Waals surface area contributed by atoms with E-state index in [2.05, 4.69) is 25.6 Å². The van der Waals surface area contributed by atoms with Gasteiger partial charge in [-0.05, 0) is 37.9 Å². The molecule has 0 aliphatic carbocycles. The van der Waals surface area contributed by atoms with E-state index in [1.165, 1.54) is 25.3 Å². The highest BCUT2D eigenvalue weighted by atomic mass is 15.0. The highest BCUT2D eigenvalue weighted by molar-refractivity contribution is 6.08. The number of hydrogen-bond acceptors (Lipinski definition) is 7. The summed E-state index contributed by atoms with van der Waals surface area (Å²) in [5, 5.41) is 14.3. The maximum absolute atomic E-state index is 7.46. The minimum absolute atomic E-state index is 0.555. The van der Waals surface area contributed by atoms with E-state index in [1.807, 2.05) is 0 Å². The zero-order valence-corrected chi connectivity index (χ0v) is 12.9. The van der Waals surface area contributed by atoms with Crippen LogP contribution in [0.2, 0.25) is 0 Å². The highest BCUT2D eigenvalue weighted by Crippen LogP contribution is 2.22. The first-order valence-electron chi connectivity index (χ1n) is 7.81. The van der Waals surface area contributed by atoms with Crippen LogP contribution in [-0.4, -0.2) is 40.8 Å². The van der Waals surface area contributed by atoms with Crippen LogP contribution in [0.4, 0.5) is 5.82 Å². The number of allylic oxidation sites excluding steroid dienone is 1. The maximum atomic E-state index is 7.46. The number of pyridine rings is 1. The van der Waals surface area contributed by atoms with E-state index in [9.17, 15) is 0 Å². The van der Waals surface area contributed by atoms with Crippen LogP contribution in [-0.2, 0) is 0 Å². The van der Waals surface area contributed by atoms with Crippen LogP contribution in [0.25, 0.3) is 16.6 Å². The average molecular weight is 311 g/mol. The smallest absolute Gasteiger partial charge is 0.154 e. The van der Waals surface area contributed by atoms with Crippen molar-refractivity contribution in [1.82, 2.24) is 20.3 Å². The molecule has 1 unspecified atom stereocenters. The first-order chi connectivity index (χ1) is 11.3. The lowest BCUT2D eigenvalue weighted by molar-refractivity contribution is 0.392. The van der Waals surface area contributed by atoms with Crippen LogP contribution in [0.5, 0.6) is 0 Å². The van der Waals surface area contributed by atoms with E-state index in [4.69, 9.17) is 11.1 Å². The molecule has 5 N–H and O–H groups in total. The van der Waals surface area contributed by atoms with E-state index in [-0.39, 0.29) is 0 Å². The van der Waals surface area contributed by atoms with Crippen molar-refractivity contribution in [3.8, 4) is 0 Å². The lowest BCUT2D eigenvalue weighted by atomic mass is 10.00. The molecule has 1 atom stereocenters. The van der Waals surface area contributed by atoms with Gasteiger partial charge in [0, 0.05) is 36.9 Å². The number of hydrogen-bond donors (Lipinski definition) is 4. The number of nitrogens with two attached hydrogens (primary N) is 1. The van der Waals surface area contributed by atoms with Crippen molar-refractivity contribution in [3.63, 3.8) is 0 Å². The van der Waals surface area contributed by atoms with Gasteiger partial charge in [0.05, 0.1) is 11.2 Å². The van der Waals surface area contributed by atoms with Gasteiger partial charge >= 0.3 is 0 Å². The van der Waals surface area contributed by atoms with Gasteiger partial charge in [0.2, 0.25) is 0 Å². The number of anilines is 1. The molecule has 3 rings (SSSR count). The van der Waals surface area contributed by atoms with Crippen molar-refractivity contribution >= 4 is 28.6 Å². The van der Waals surface area contributed by atoms with Gasteiger partial charge in [-0.25, -0.2) is 9.97 Å². The number of rotatable bonds is 5. The molecule has 0 bridgehead atoms. The molecule has 0 aromatic carbocycles. The molecule has 7 heteroatoms. The van der Waals surface area contributed by atoms with Crippen molar-refractivity contribution in [1.29, 1.82) is 5.41 Å². The molecule has 0 amide bonds. The molecule has 0 spiro atoms. The van der Waals surface area contributed by atoms with Crippen LogP contribution in [0, 0.1) is 11.3 Å². The standard InChI is InChI=1S/C16H21N7/c17-7-12(8-18)13-6-14-15(21-5-4-20-14)16(23-13)22-10-11-2-1-3-19-9-11/h4-8,11,17,19H,1-3,9-10,18H2,(H,22,23)/b12-8+,17-7?. The van der Waals surface area contributed by atoms with Crippen LogP contribution in [0.1, 0.15) is 18.5 Å². The molecule has 3 heterocycles. The molecule has 1 aliphatic rings. The third kappa shape index (κ3) is 3.45. The Labute approximate surface area is 134 Å². The van der Waals surface area contributed by atoms with Gasteiger partial charge in [0.15, 0.2) is 5.82 Å². The fourth-order valence-electron chi connectivity index (χ4n) is 2.79. The summed E-state index contributed by atoms with van der Waals surface area (Å²) in [5.74, 6) is 1.27. The summed E-state index contributed by atoms with van der Waals surface area (Å²) < 4.78 is 0. The Morgan fingerprint density at radius 3 is 3.04 bits per heavy atom. The molecule has 0 radical (unpaired) electrons.